The molecule has 0 radical (unpaired) electrons. The van der Waals surface area contributed by atoms with E-state index in [9.17, 15) is 26.7 Å². The van der Waals surface area contributed by atoms with Gasteiger partial charge in [0, 0.05) is 17.2 Å². The zero-order chi connectivity index (χ0) is 18.8. The van der Waals surface area contributed by atoms with Crippen LogP contribution in [0.25, 0.3) is 11.1 Å². The van der Waals surface area contributed by atoms with Crippen molar-refractivity contribution in [3.63, 3.8) is 0 Å². The molecule has 0 aliphatic carbocycles. The normalized spacial score (nSPS) is 11.3. The van der Waals surface area contributed by atoms with Crippen LogP contribution in [0.1, 0.15) is 5.56 Å². The summed E-state index contributed by atoms with van der Waals surface area (Å²) >= 11 is 0. The van der Waals surface area contributed by atoms with Crippen molar-refractivity contribution in [1.29, 1.82) is 0 Å². The van der Waals surface area contributed by atoms with Gasteiger partial charge in [-0.25, -0.2) is 13.6 Å². The first-order chi connectivity index (χ1) is 11.6. The molecule has 0 saturated carbocycles. The lowest BCUT2D eigenvalue weighted by atomic mass is 10.0. The number of carboxylic acids is 1. The Morgan fingerprint density at radius 3 is 2.28 bits per heavy atom. The van der Waals surface area contributed by atoms with Crippen molar-refractivity contribution in [2.75, 3.05) is 13.7 Å². The number of methoxy groups -OCH3 is 1. The van der Waals surface area contributed by atoms with Crippen LogP contribution in [0.3, 0.4) is 0 Å². The monoisotopic (exact) mass is 362 g/mol. The van der Waals surface area contributed by atoms with Crippen LogP contribution in [0.4, 0.5) is 22.0 Å². The third-order valence-electron chi connectivity index (χ3n) is 3.19. The number of carbonyl (C=O) groups is 1. The van der Waals surface area contributed by atoms with Crippen LogP contribution in [0.2, 0.25) is 0 Å². The van der Waals surface area contributed by atoms with Gasteiger partial charge in [0.1, 0.15) is 11.6 Å². The predicted molar refractivity (Wildman–Crippen MR) is 76.5 cm³/mol. The van der Waals surface area contributed by atoms with E-state index >= 15 is 0 Å². The van der Waals surface area contributed by atoms with Crippen molar-refractivity contribution in [1.82, 2.24) is 0 Å². The van der Waals surface area contributed by atoms with E-state index in [1.165, 1.54) is 0 Å². The third kappa shape index (κ3) is 4.17. The van der Waals surface area contributed by atoms with E-state index in [0.717, 1.165) is 13.2 Å². The molecule has 0 saturated heterocycles. The van der Waals surface area contributed by atoms with Crippen LogP contribution >= 0.6 is 0 Å². The standard InChI is InChI=1S/C16H11F5O4/c1-24-14-6-11(17)9(5-12(14)18)10-4-8(16(19,20)21)2-3-13(10)25-7-15(22)23/h2-6H,7H2,1H3,(H,22,23). The van der Waals surface area contributed by atoms with E-state index in [-0.39, 0.29) is 5.75 Å². The number of hydrogen-bond donors (Lipinski definition) is 1. The van der Waals surface area contributed by atoms with Crippen molar-refractivity contribution in [3.8, 4) is 22.6 Å². The minimum atomic E-state index is -4.73. The van der Waals surface area contributed by atoms with Gasteiger partial charge in [-0.1, -0.05) is 0 Å². The Morgan fingerprint density at radius 2 is 1.72 bits per heavy atom. The van der Waals surface area contributed by atoms with E-state index in [1.807, 2.05) is 0 Å². The number of benzene rings is 2. The molecule has 0 aliphatic rings. The van der Waals surface area contributed by atoms with Gasteiger partial charge in [-0.3, -0.25) is 0 Å². The molecule has 0 amide bonds. The number of ether oxygens (including phenoxy) is 2. The molecule has 1 N–H and O–H groups in total. The van der Waals surface area contributed by atoms with Crippen LogP contribution in [-0.2, 0) is 11.0 Å². The fourth-order valence-electron chi connectivity index (χ4n) is 2.07. The summed E-state index contributed by atoms with van der Waals surface area (Å²) in [6.45, 7) is -0.862. The maximum atomic E-state index is 14.2. The van der Waals surface area contributed by atoms with Gasteiger partial charge < -0.3 is 14.6 Å². The summed E-state index contributed by atoms with van der Waals surface area (Å²) in [4.78, 5) is 10.6. The van der Waals surface area contributed by atoms with Crippen LogP contribution in [-0.4, -0.2) is 24.8 Å². The molecular formula is C16H11F5O4. The van der Waals surface area contributed by atoms with Gasteiger partial charge in [0.15, 0.2) is 18.2 Å². The second kappa shape index (κ2) is 6.96. The third-order valence-corrected chi connectivity index (χ3v) is 3.19. The summed E-state index contributed by atoms with van der Waals surface area (Å²) in [6.07, 6.45) is -4.73. The largest absolute Gasteiger partial charge is 0.494 e. The molecule has 0 bridgehead atoms. The maximum Gasteiger partial charge on any atom is 0.416 e. The van der Waals surface area contributed by atoms with Crippen LogP contribution in [0.5, 0.6) is 11.5 Å². The highest BCUT2D eigenvalue weighted by molar-refractivity contribution is 5.74. The molecule has 2 aromatic carbocycles. The average Bonchev–Trinajstić information content (AvgIpc) is 2.53. The SMILES string of the molecule is COc1cc(F)c(-c2cc(C(F)(F)F)ccc2OCC(=O)O)cc1F. The molecule has 4 nitrogen and oxygen atoms in total. The van der Waals surface area contributed by atoms with Crippen molar-refractivity contribution in [2.24, 2.45) is 0 Å². The van der Waals surface area contributed by atoms with Crippen molar-refractivity contribution < 1.29 is 41.3 Å². The maximum absolute atomic E-state index is 14.2. The second-order valence-electron chi connectivity index (χ2n) is 4.86. The number of hydrogen-bond acceptors (Lipinski definition) is 3. The molecule has 0 aliphatic heterocycles. The smallest absolute Gasteiger partial charge is 0.416 e. The highest BCUT2D eigenvalue weighted by Gasteiger charge is 2.32. The highest BCUT2D eigenvalue weighted by atomic mass is 19.4. The topological polar surface area (TPSA) is 55.8 Å². The Balaban J connectivity index is 2.63. The molecule has 0 atom stereocenters. The average molecular weight is 362 g/mol. The van der Waals surface area contributed by atoms with Crippen molar-refractivity contribution in [3.05, 3.63) is 47.5 Å². The zero-order valence-corrected chi connectivity index (χ0v) is 12.7. The molecule has 134 valence electrons. The van der Waals surface area contributed by atoms with Gasteiger partial charge in [0.25, 0.3) is 0 Å². The molecule has 2 rings (SSSR count). The van der Waals surface area contributed by atoms with Crippen LogP contribution < -0.4 is 9.47 Å². The van der Waals surface area contributed by atoms with Gasteiger partial charge in [0.05, 0.1) is 12.7 Å². The van der Waals surface area contributed by atoms with E-state index in [4.69, 9.17) is 9.84 Å². The highest BCUT2D eigenvalue weighted by Crippen LogP contribution is 2.39. The minimum absolute atomic E-state index is 0.334. The lowest BCUT2D eigenvalue weighted by Gasteiger charge is -2.15. The van der Waals surface area contributed by atoms with Crippen LogP contribution in [0.15, 0.2) is 30.3 Å². The lowest BCUT2D eigenvalue weighted by Crippen LogP contribution is -2.11. The Bertz CT molecular complexity index is 802. The molecule has 0 spiro atoms. The number of rotatable bonds is 5. The Morgan fingerprint density at radius 1 is 1.04 bits per heavy atom. The van der Waals surface area contributed by atoms with Gasteiger partial charge in [-0.05, 0) is 24.3 Å². The molecule has 9 heteroatoms. The molecule has 0 heterocycles. The summed E-state index contributed by atoms with van der Waals surface area (Å²) < 4.78 is 76.3. The second-order valence-corrected chi connectivity index (χ2v) is 4.86. The number of aliphatic carboxylic acids is 1. The number of halogens is 5. The van der Waals surface area contributed by atoms with Gasteiger partial charge >= 0.3 is 12.1 Å². The summed E-state index contributed by atoms with van der Waals surface area (Å²) in [5.41, 5.74) is -2.08. The molecule has 0 unspecified atom stereocenters. The van der Waals surface area contributed by atoms with Gasteiger partial charge in [-0.15, -0.1) is 0 Å². The summed E-state index contributed by atoms with van der Waals surface area (Å²) in [7, 11) is 1.10. The zero-order valence-electron chi connectivity index (χ0n) is 12.7. The quantitative estimate of drug-likeness (QED) is 0.813. The first-order valence-electron chi connectivity index (χ1n) is 6.72. The summed E-state index contributed by atoms with van der Waals surface area (Å²) in [5.74, 6) is -4.20. The minimum Gasteiger partial charge on any atom is -0.494 e. The van der Waals surface area contributed by atoms with Gasteiger partial charge in [-0.2, -0.15) is 13.2 Å². The number of alkyl halides is 3. The Kier molecular flexibility index (Phi) is 5.15. The molecule has 2 aromatic rings. The Labute approximate surface area is 138 Å². The Hall–Kier alpha value is -2.84. The lowest BCUT2D eigenvalue weighted by molar-refractivity contribution is -0.140. The van der Waals surface area contributed by atoms with E-state index in [2.05, 4.69) is 4.74 Å². The van der Waals surface area contributed by atoms with Crippen molar-refractivity contribution in [2.45, 2.75) is 6.18 Å². The number of carboxylic acid groups (broad SMARTS) is 1. The van der Waals surface area contributed by atoms with E-state index in [1.54, 1.807) is 0 Å². The first kappa shape index (κ1) is 18.5. The molecule has 25 heavy (non-hydrogen) atoms. The van der Waals surface area contributed by atoms with Crippen LogP contribution in [0, 0.1) is 11.6 Å². The van der Waals surface area contributed by atoms with E-state index < -0.39 is 52.8 Å². The first-order valence-corrected chi connectivity index (χ1v) is 6.72. The van der Waals surface area contributed by atoms with Crippen molar-refractivity contribution >= 4 is 5.97 Å². The van der Waals surface area contributed by atoms with Gasteiger partial charge in [0.2, 0.25) is 0 Å². The molecule has 0 fully saturated rings. The fraction of sp³-hybridized carbons (Fsp3) is 0.188. The molecular weight excluding hydrogens is 351 g/mol. The molecule has 0 aromatic heterocycles. The summed E-state index contributed by atoms with van der Waals surface area (Å²) in [6, 6.07) is 3.38. The summed E-state index contributed by atoms with van der Waals surface area (Å²) in [5, 5.41) is 8.63. The fourth-order valence-corrected chi connectivity index (χ4v) is 2.07. The predicted octanol–water partition coefficient (Wildman–Crippen LogP) is 4.12. The van der Waals surface area contributed by atoms with E-state index in [0.29, 0.717) is 24.3 Å².